The van der Waals surface area contributed by atoms with Crippen LogP contribution in [-0.2, 0) is 18.1 Å². The van der Waals surface area contributed by atoms with E-state index in [4.69, 9.17) is 35.4 Å². The summed E-state index contributed by atoms with van der Waals surface area (Å²) in [6.07, 6.45) is 0. The van der Waals surface area contributed by atoms with Crippen molar-refractivity contribution in [1.29, 1.82) is 0 Å². The third kappa shape index (κ3) is 6.31. The van der Waals surface area contributed by atoms with Gasteiger partial charge in [0, 0.05) is 12.6 Å². The number of hydrogen-bond donors (Lipinski definition) is 0. The van der Waals surface area contributed by atoms with E-state index >= 15 is 0 Å². The van der Waals surface area contributed by atoms with Crippen molar-refractivity contribution in [2.75, 3.05) is 28.4 Å². The minimum Gasteiger partial charge on any atom is -0.497 e. The molecule has 0 N–H and O–H groups in total. The third-order valence-electron chi connectivity index (χ3n) is 4.91. The molecule has 7 nitrogen and oxygen atoms in total. The van der Waals surface area contributed by atoms with Gasteiger partial charge in [-0.25, -0.2) is 5.06 Å². The Hall–Kier alpha value is -3.42. The molecule has 3 aromatic rings. The number of benzene rings is 3. The molecule has 174 valence electrons. The molecule has 0 aromatic heterocycles. The fourth-order valence-electron chi connectivity index (χ4n) is 2.96. The fourth-order valence-corrected chi connectivity index (χ4v) is 3.23. The molecule has 3 rings (SSSR count). The molecule has 0 atom stereocenters. The number of carbonyl (C=O) groups is 1. The molecule has 0 bridgehead atoms. The summed E-state index contributed by atoms with van der Waals surface area (Å²) in [5.74, 6) is 1.83. The van der Waals surface area contributed by atoms with Crippen LogP contribution in [0.5, 0.6) is 23.0 Å². The Morgan fingerprint density at radius 3 is 1.82 bits per heavy atom. The highest BCUT2D eigenvalue weighted by atomic mass is 35.5. The van der Waals surface area contributed by atoms with Gasteiger partial charge in [0.05, 0.1) is 26.4 Å². The maximum Gasteiger partial charge on any atom is 0.277 e. The number of amides is 1. The quantitative estimate of drug-likeness (QED) is 0.381. The minimum atomic E-state index is -0.365. The summed E-state index contributed by atoms with van der Waals surface area (Å²) in [4.78, 5) is 17.6. The van der Waals surface area contributed by atoms with Crippen molar-refractivity contribution in [1.82, 2.24) is 5.06 Å². The van der Waals surface area contributed by atoms with E-state index in [0.717, 1.165) is 27.7 Å². The largest absolute Gasteiger partial charge is 0.497 e. The standard InChI is InChI=1S/C25H26ClNO6/c1-27(31-4)25(28)19-13-22(26)24(33-16-18-7-11-21(30-3)12-8-18)23(14-19)32-15-17-5-9-20(29-2)10-6-17/h5-14H,15-16H2,1-4H3. The zero-order chi connectivity index (χ0) is 23.8. The summed E-state index contributed by atoms with van der Waals surface area (Å²) in [5, 5.41) is 1.36. The zero-order valence-corrected chi connectivity index (χ0v) is 19.7. The molecule has 3 aromatic carbocycles. The van der Waals surface area contributed by atoms with Crippen molar-refractivity contribution in [2.45, 2.75) is 13.2 Å². The zero-order valence-electron chi connectivity index (χ0n) is 19.0. The lowest BCUT2D eigenvalue weighted by Crippen LogP contribution is -2.25. The highest BCUT2D eigenvalue weighted by molar-refractivity contribution is 6.32. The Labute approximate surface area is 198 Å². The monoisotopic (exact) mass is 471 g/mol. The minimum absolute atomic E-state index is 0.247. The Balaban J connectivity index is 1.85. The predicted molar refractivity (Wildman–Crippen MR) is 125 cm³/mol. The lowest BCUT2D eigenvalue weighted by atomic mass is 10.1. The normalized spacial score (nSPS) is 10.5. The molecule has 0 radical (unpaired) electrons. The van der Waals surface area contributed by atoms with Gasteiger partial charge in [-0.2, -0.15) is 0 Å². The van der Waals surface area contributed by atoms with E-state index in [-0.39, 0.29) is 24.1 Å². The first-order chi connectivity index (χ1) is 15.9. The van der Waals surface area contributed by atoms with Crippen LogP contribution in [0.4, 0.5) is 0 Å². The molecule has 0 aliphatic carbocycles. The average molecular weight is 472 g/mol. The summed E-state index contributed by atoms with van der Waals surface area (Å²) >= 11 is 6.51. The predicted octanol–water partition coefficient (Wildman–Crippen LogP) is 5.15. The van der Waals surface area contributed by atoms with Crippen LogP contribution < -0.4 is 18.9 Å². The van der Waals surface area contributed by atoms with Crippen molar-refractivity contribution in [3.8, 4) is 23.0 Å². The lowest BCUT2D eigenvalue weighted by molar-refractivity contribution is -0.0757. The van der Waals surface area contributed by atoms with Crippen LogP contribution in [0.25, 0.3) is 0 Å². The van der Waals surface area contributed by atoms with Crippen LogP contribution in [0.2, 0.25) is 5.02 Å². The second kappa shape index (κ2) is 11.4. The van der Waals surface area contributed by atoms with Gasteiger partial charge in [0.15, 0.2) is 11.5 Å². The molecule has 33 heavy (non-hydrogen) atoms. The number of rotatable bonds is 10. The molecule has 0 saturated heterocycles. The number of ether oxygens (including phenoxy) is 4. The third-order valence-corrected chi connectivity index (χ3v) is 5.19. The SMILES string of the molecule is COc1ccc(COc2cc(C(=O)N(C)OC)cc(Cl)c2OCc2ccc(OC)cc2)cc1. The molecular formula is C25H26ClNO6. The summed E-state index contributed by atoms with van der Waals surface area (Å²) in [6, 6.07) is 18.1. The number of hydrogen-bond acceptors (Lipinski definition) is 6. The van der Waals surface area contributed by atoms with E-state index in [1.54, 1.807) is 20.3 Å². The number of carbonyl (C=O) groups excluding carboxylic acids is 1. The number of hydroxylamine groups is 2. The van der Waals surface area contributed by atoms with E-state index < -0.39 is 0 Å². The topological polar surface area (TPSA) is 66.5 Å². The van der Waals surface area contributed by atoms with Gasteiger partial charge in [0.2, 0.25) is 0 Å². The van der Waals surface area contributed by atoms with E-state index in [2.05, 4.69) is 0 Å². The van der Waals surface area contributed by atoms with Gasteiger partial charge in [-0.05, 0) is 47.5 Å². The Morgan fingerprint density at radius 1 is 0.818 bits per heavy atom. The first-order valence-corrected chi connectivity index (χ1v) is 10.5. The Kier molecular flexibility index (Phi) is 8.40. The molecule has 0 unspecified atom stereocenters. The molecule has 0 saturated carbocycles. The molecular weight excluding hydrogens is 446 g/mol. The summed E-state index contributed by atoms with van der Waals surface area (Å²) < 4.78 is 22.4. The van der Waals surface area contributed by atoms with Crippen LogP contribution in [0.3, 0.4) is 0 Å². The highest BCUT2D eigenvalue weighted by Crippen LogP contribution is 2.38. The van der Waals surface area contributed by atoms with Gasteiger partial charge in [-0.1, -0.05) is 35.9 Å². The Morgan fingerprint density at radius 2 is 1.33 bits per heavy atom. The molecule has 8 heteroatoms. The van der Waals surface area contributed by atoms with E-state index in [0.29, 0.717) is 17.1 Å². The summed E-state index contributed by atoms with van der Waals surface area (Å²) in [5.41, 5.74) is 2.15. The second-order valence-corrected chi connectivity index (χ2v) is 7.45. The van der Waals surface area contributed by atoms with Crippen molar-refractivity contribution < 1.29 is 28.6 Å². The molecule has 0 aliphatic heterocycles. The van der Waals surface area contributed by atoms with Gasteiger partial charge in [0.1, 0.15) is 24.7 Å². The number of halogens is 1. The first-order valence-electron chi connectivity index (χ1n) is 10.1. The van der Waals surface area contributed by atoms with E-state index in [1.165, 1.54) is 20.2 Å². The van der Waals surface area contributed by atoms with Crippen molar-refractivity contribution in [3.05, 3.63) is 82.4 Å². The van der Waals surface area contributed by atoms with Crippen LogP contribution >= 0.6 is 11.6 Å². The second-order valence-electron chi connectivity index (χ2n) is 7.04. The maximum absolute atomic E-state index is 12.6. The number of methoxy groups -OCH3 is 2. The molecule has 1 amide bonds. The Bertz CT molecular complexity index is 1070. The van der Waals surface area contributed by atoms with E-state index in [9.17, 15) is 4.79 Å². The molecule has 0 fully saturated rings. The number of nitrogens with zero attached hydrogens (tertiary/aromatic N) is 1. The van der Waals surface area contributed by atoms with Crippen LogP contribution in [-0.4, -0.2) is 39.3 Å². The van der Waals surface area contributed by atoms with Crippen molar-refractivity contribution in [2.24, 2.45) is 0 Å². The van der Waals surface area contributed by atoms with Gasteiger partial charge < -0.3 is 18.9 Å². The van der Waals surface area contributed by atoms with Gasteiger partial charge in [0.25, 0.3) is 5.91 Å². The van der Waals surface area contributed by atoms with Crippen LogP contribution in [0.1, 0.15) is 21.5 Å². The molecule has 0 spiro atoms. The lowest BCUT2D eigenvalue weighted by Gasteiger charge is -2.18. The first kappa shape index (κ1) is 24.2. The average Bonchev–Trinajstić information content (AvgIpc) is 2.86. The smallest absolute Gasteiger partial charge is 0.277 e. The maximum atomic E-state index is 12.6. The fraction of sp³-hybridized carbons (Fsp3) is 0.240. The van der Waals surface area contributed by atoms with Crippen LogP contribution in [0.15, 0.2) is 60.7 Å². The highest BCUT2D eigenvalue weighted by Gasteiger charge is 2.19. The summed E-state index contributed by atoms with van der Waals surface area (Å²) in [7, 11) is 6.15. The molecule has 0 aliphatic rings. The van der Waals surface area contributed by atoms with Crippen molar-refractivity contribution >= 4 is 17.5 Å². The summed E-state index contributed by atoms with van der Waals surface area (Å²) in [6.45, 7) is 0.505. The van der Waals surface area contributed by atoms with Crippen LogP contribution in [0, 0.1) is 0 Å². The van der Waals surface area contributed by atoms with E-state index in [1.807, 2.05) is 48.5 Å². The molecule has 0 heterocycles. The van der Waals surface area contributed by atoms with Crippen molar-refractivity contribution in [3.63, 3.8) is 0 Å². The van der Waals surface area contributed by atoms with Gasteiger partial charge >= 0.3 is 0 Å². The van der Waals surface area contributed by atoms with Gasteiger partial charge in [-0.15, -0.1) is 0 Å². The van der Waals surface area contributed by atoms with Gasteiger partial charge in [-0.3, -0.25) is 9.63 Å².